The summed E-state index contributed by atoms with van der Waals surface area (Å²) in [5.74, 6) is 0. The second-order valence-electron chi connectivity index (χ2n) is 13.5. The molecule has 12 nitrogen and oxygen atoms in total. The zero-order valence-electron chi connectivity index (χ0n) is 30.1. The zero-order chi connectivity index (χ0) is 35.1. The van der Waals surface area contributed by atoms with Gasteiger partial charge in [-0.1, -0.05) is 25.7 Å². The molecule has 0 heterocycles. The second kappa shape index (κ2) is 29.7. The molecule has 0 rings (SSSR count). The summed E-state index contributed by atoms with van der Waals surface area (Å²) in [6, 6.07) is 4.29. The minimum atomic E-state index is -0.458. The molecule has 0 aliphatic rings. The molecule has 2 amide bonds. The Balaban J connectivity index is 0. The number of nitriles is 2. The lowest BCUT2D eigenvalue weighted by molar-refractivity contribution is 0.0515. The van der Waals surface area contributed by atoms with Crippen LogP contribution in [0, 0.1) is 22.7 Å². The van der Waals surface area contributed by atoms with Crippen LogP contribution in [0.3, 0.4) is 0 Å². The summed E-state index contributed by atoms with van der Waals surface area (Å²) in [6.07, 6.45) is 11.0. The Labute approximate surface area is 280 Å². The fourth-order valence-corrected chi connectivity index (χ4v) is 4.35. The molecule has 0 fully saturated rings. The van der Waals surface area contributed by atoms with Gasteiger partial charge in [-0.15, -0.1) is 0 Å². The first-order valence-electron chi connectivity index (χ1n) is 17.3. The van der Waals surface area contributed by atoms with Crippen molar-refractivity contribution in [1.82, 2.24) is 20.4 Å². The molecular formula is C34H68N8O4. The number of rotatable bonds is 24. The number of amides is 2. The first-order valence-corrected chi connectivity index (χ1v) is 17.3. The van der Waals surface area contributed by atoms with E-state index in [1.165, 1.54) is 12.8 Å². The van der Waals surface area contributed by atoms with Crippen molar-refractivity contribution in [2.24, 2.45) is 11.5 Å². The lowest BCUT2D eigenvalue weighted by Crippen LogP contribution is -2.33. The van der Waals surface area contributed by atoms with Crippen LogP contribution in [0.2, 0.25) is 0 Å². The smallest absolute Gasteiger partial charge is 0.407 e. The predicted molar refractivity (Wildman–Crippen MR) is 186 cm³/mol. The third-order valence-corrected chi connectivity index (χ3v) is 6.58. The van der Waals surface area contributed by atoms with Crippen LogP contribution in [0.1, 0.15) is 119 Å². The normalized spacial score (nSPS) is 11.3. The van der Waals surface area contributed by atoms with Crippen LogP contribution in [0.5, 0.6) is 0 Å². The average Bonchev–Trinajstić information content (AvgIpc) is 2.96. The van der Waals surface area contributed by atoms with Gasteiger partial charge in [-0.05, 0) is 119 Å². The average molecular weight is 653 g/mol. The van der Waals surface area contributed by atoms with Crippen molar-refractivity contribution in [1.29, 1.82) is 10.5 Å². The SMILES string of the molecule is CC(C)(C)OC(=O)NCCCCCCN(CCC#N)CCC#N.CC(C)(C)OC(=O)NCCCCCCN(CCCN)CCCN. The van der Waals surface area contributed by atoms with Gasteiger partial charge in [0.05, 0.1) is 12.1 Å². The Morgan fingerprint density at radius 1 is 0.565 bits per heavy atom. The van der Waals surface area contributed by atoms with Crippen LogP contribution in [-0.4, -0.2) is 98.6 Å². The molecule has 0 bridgehead atoms. The van der Waals surface area contributed by atoms with Crippen LogP contribution >= 0.6 is 0 Å². The van der Waals surface area contributed by atoms with Crippen LogP contribution in [0.15, 0.2) is 0 Å². The summed E-state index contributed by atoms with van der Waals surface area (Å²) in [7, 11) is 0. The molecule has 0 atom stereocenters. The molecule has 12 heteroatoms. The van der Waals surface area contributed by atoms with Crippen molar-refractivity contribution < 1.29 is 19.1 Å². The molecule has 6 N–H and O–H groups in total. The highest BCUT2D eigenvalue weighted by atomic mass is 16.6. The molecule has 0 aromatic carbocycles. The topological polar surface area (TPSA) is 183 Å². The van der Waals surface area contributed by atoms with E-state index in [0.29, 0.717) is 25.9 Å². The van der Waals surface area contributed by atoms with E-state index in [1.807, 2.05) is 41.5 Å². The molecule has 0 saturated heterocycles. The first kappa shape index (κ1) is 45.5. The van der Waals surface area contributed by atoms with E-state index in [9.17, 15) is 9.59 Å². The predicted octanol–water partition coefficient (Wildman–Crippen LogP) is 5.27. The Morgan fingerprint density at radius 2 is 0.891 bits per heavy atom. The fourth-order valence-electron chi connectivity index (χ4n) is 4.35. The van der Waals surface area contributed by atoms with Gasteiger partial charge in [0.2, 0.25) is 0 Å². The number of hydrogen-bond acceptors (Lipinski definition) is 10. The zero-order valence-corrected chi connectivity index (χ0v) is 30.1. The number of nitrogens with zero attached hydrogens (tertiary/aromatic N) is 4. The van der Waals surface area contributed by atoms with Crippen molar-refractivity contribution in [2.45, 2.75) is 130 Å². The third kappa shape index (κ3) is 35.8. The summed E-state index contributed by atoms with van der Waals surface area (Å²) in [5.41, 5.74) is 10.3. The number of hydrogen-bond donors (Lipinski definition) is 4. The van der Waals surface area contributed by atoms with Gasteiger partial charge in [-0.2, -0.15) is 10.5 Å². The van der Waals surface area contributed by atoms with Crippen molar-refractivity contribution in [3.05, 3.63) is 0 Å². The number of ether oxygens (including phenoxy) is 2. The maximum absolute atomic E-state index is 11.5. The highest BCUT2D eigenvalue weighted by Crippen LogP contribution is 2.08. The third-order valence-electron chi connectivity index (χ3n) is 6.58. The van der Waals surface area contributed by atoms with Gasteiger partial charge in [0.1, 0.15) is 11.2 Å². The Kier molecular flexibility index (Phi) is 29.4. The summed E-state index contributed by atoms with van der Waals surface area (Å²) in [4.78, 5) is 27.6. The number of carbonyl (C=O) groups excluding carboxylic acids is 2. The minimum Gasteiger partial charge on any atom is -0.444 e. The molecule has 0 radical (unpaired) electrons. The molecule has 0 aliphatic heterocycles. The molecule has 46 heavy (non-hydrogen) atoms. The largest absolute Gasteiger partial charge is 0.444 e. The van der Waals surface area contributed by atoms with Gasteiger partial charge in [-0.25, -0.2) is 9.59 Å². The summed E-state index contributed by atoms with van der Waals surface area (Å²) in [5, 5.41) is 22.8. The highest BCUT2D eigenvalue weighted by molar-refractivity contribution is 5.67. The van der Waals surface area contributed by atoms with E-state index in [-0.39, 0.29) is 12.2 Å². The molecule has 0 aromatic rings. The number of unbranched alkanes of at least 4 members (excludes halogenated alkanes) is 6. The maximum atomic E-state index is 11.5. The standard InChI is InChI=1S/C17H38N4O2.C17H30N4O2/c2*1-17(2,3)23-16(22)20-12-6-4-5-7-13-21(14-8-10-18)15-9-11-19/h4-15,18-19H2,1-3H3,(H,20,22);4-9,12-15H2,1-3H3,(H,20,22). The highest BCUT2D eigenvalue weighted by Gasteiger charge is 2.16. The van der Waals surface area contributed by atoms with E-state index >= 15 is 0 Å². The number of alkyl carbamates (subject to hydrolysis) is 2. The van der Waals surface area contributed by atoms with Gasteiger partial charge in [0, 0.05) is 39.0 Å². The van der Waals surface area contributed by atoms with Crippen molar-refractivity contribution in [2.75, 3.05) is 65.4 Å². The summed E-state index contributed by atoms with van der Waals surface area (Å²) < 4.78 is 10.4. The van der Waals surface area contributed by atoms with Gasteiger partial charge in [0.15, 0.2) is 0 Å². The van der Waals surface area contributed by atoms with Crippen LogP contribution in [0.4, 0.5) is 9.59 Å². The van der Waals surface area contributed by atoms with E-state index in [4.69, 9.17) is 31.5 Å². The number of carbonyl (C=O) groups is 2. The Hall–Kier alpha value is -2.64. The van der Waals surface area contributed by atoms with Crippen LogP contribution in [-0.2, 0) is 9.47 Å². The van der Waals surface area contributed by atoms with Crippen molar-refractivity contribution in [3.8, 4) is 12.1 Å². The summed E-state index contributed by atoms with van der Waals surface area (Å²) in [6.45, 7) is 19.6. The molecule has 0 aliphatic carbocycles. The Bertz CT molecular complexity index is 805. The van der Waals surface area contributed by atoms with E-state index in [1.54, 1.807) is 0 Å². The molecule has 0 unspecified atom stereocenters. The molecule has 0 saturated carbocycles. The van der Waals surface area contributed by atoms with Crippen molar-refractivity contribution >= 4 is 12.2 Å². The lowest BCUT2D eigenvalue weighted by atomic mass is 10.2. The number of nitrogens with one attached hydrogen (secondary N) is 2. The molecule has 268 valence electrons. The van der Waals surface area contributed by atoms with Crippen LogP contribution < -0.4 is 22.1 Å². The second-order valence-corrected chi connectivity index (χ2v) is 13.5. The maximum Gasteiger partial charge on any atom is 0.407 e. The summed E-state index contributed by atoms with van der Waals surface area (Å²) >= 11 is 0. The lowest BCUT2D eigenvalue weighted by Gasteiger charge is -2.21. The fraction of sp³-hybridized carbons (Fsp3) is 0.882. The molecular weight excluding hydrogens is 584 g/mol. The monoisotopic (exact) mass is 653 g/mol. The van der Waals surface area contributed by atoms with Gasteiger partial charge < -0.3 is 41.4 Å². The van der Waals surface area contributed by atoms with E-state index in [0.717, 1.165) is 104 Å². The Morgan fingerprint density at radius 3 is 1.22 bits per heavy atom. The number of nitrogens with two attached hydrogens (primary N) is 2. The van der Waals surface area contributed by atoms with Crippen LogP contribution in [0.25, 0.3) is 0 Å². The van der Waals surface area contributed by atoms with Gasteiger partial charge in [0.25, 0.3) is 0 Å². The van der Waals surface area contributed by atoms with E-state index in [2.05, 4.69) is 32.6 Å². The quantitative estimate of drug-likeness (QED) is 0.100. The van der Waals surface area contributed by atoms with E-state index < -0.39 is 11.2 Å². The van der Waals surface area contributed by atoms with Gasteiger partial charge >= 0.3 is 12.2 Å². The van der Waals surface area contributed by atoms with Crippen molar-refractivity contribution in [3.63, 3.8) is 0 Å². The first-order chi connectivity index (χ1) is 21.8. The minimum absolute atomic E-state index is 0.327. The molecule has 0 aromatic heterocycles. The molecule has 0 spiro atoms. The van der Waals surface area contributed by atoms with Gasteiger partial charge in [-0.3, -0.25) is 0 Å².